The Balaban J connectivity index is 2.23. The van der Waals surface area contributed by atoms with Crippen LogP contribution in [0.1, 0.15) is 18.1 Å². The molecule has 0 aliphatic rings. The standard InChI is InChI=1S/C16H18ClNO/c1-11-6-7-13(8-12(2)18)9-16(11)19-15-5-3-4-14(17)10-15/h3-7,9-10,12H,8,18H2,1-2H3. The zero-order valence-corrected chi connectivity index (χ0v) is 11.9. The van der Waals surface area contributed by atoms with Crippen LogP contribution in [0.4, 0.5) is 0 Å². The zero-order valence-electron chi connectivity index (χ0n) is 11.2. The van der Waals surface area contributed by atoms with Crippen molar-refractivity contribution in [3.05, 3.63) is 58.6 Å². The minimum Gasteiger partial charge on any atom is -0.457 e. The summed E-state index contributed by atoms with van der Waals surface area (Å²) in [6, 6.07) is 13.7. The van der Waals surface area contributed by atoms with E-state index in [4.69, 9.17) is 22.1 Å². The summed E-state index contributed by atoms with van der Waals surface area (Å²) in [6.07, 6.45) is 0.839. The monoisotopic (exact) mass is 275 g/mol. The van der Waals surface area contributed by atoms with Crippen LogP contribution in [0.5, 0.6) is 11.5 Å². The summed E-state index contributed by atoms with van der Waals surface area (Å²) < 4.78 is 5.89. The molecule has 0 saturated carbocycles. The number of hydrogen-bond acceptors (Lipinski definition) is 2. The minimum absolute atomic E-state index is 0.140. The fourth-order valence-electron chi connectivity index (χ4n) is 1.91. The Hall–Kier alpha value is -1.51. The van der Waals surface area contributed by atoms with Crippen LogP contribution in [0, 0.1) is 6.92 Å². The maximum absolute atomic E-state index is 5.95. The second kappa shape index (κ2) is 6.09. The first kappa shape index (κ1) is 13.9. The fraction of sp³-hybridized carbons (Fsp3) is 0.250. The molecule has 0 aliphatic heterocycles. The second-order valence-corrected chi connectivity index (χ2v) is 5.28. The van der Waals surface area contributed by atoms with Gasteiger partial charge in [0.15, 0.2) is 0 Å². The predicted molar refractivity (Wildman–Crippen MR) is 80.1 cm³/mol. The van der Waals surface area contributed by atoms with Crippen molar-refractivity contribution < 1.29 is 4.74 Å². The lowest BCUT2D eigenvalue weighted by Crippen LogP contribution is -2.17. The lowest BCUT2D eigenvalue weighted by Gasteiger charge is -2.12. The SMILES string of the molecule is Cc1ccc(CC(C)N)cc1Oc1cccc(Cl)c1. The van der Waals surface area contributed by atoms with E-state index in [0.29, 0.717) is 5.02 Å². The van der Waals surface area contributed by atoms with Crippen molar-refractivity contribution in [3.63, 3.8) is 0 Å². The van der Waals surface area contributed by atoms with Crippen LogP contribution in [-0.2, 0) is 6.42 Å². The molecule has 100 valence electrons. The Morgan fingerprint density at radius 2 is 2.00 bits per heavy atom. The van der Waals surface area contributed by atoms with Gasteiger partial charge in [0.1, 0.15) is 11.5 Å². The van der Waals surface area contributed by atoms with E-state index >= 15 is 0 Å². The molecule has 0 radical (unpaired) electrons. The molecule has 2 rings (SSSR count). The Labute approximate surface area is 119 Å². The Kier molecular flexibility index (Phi) is 4.46. The first-order chi connectivity index (χ1) is 9.04. The van der Waals surface area contributed by atoms with Crippen molar-refractivity contribution in [1.82, 2.24) is 0 Å². The van der Waals surface area contributed by atoms with Crippen molar-refractivity contribution in [3.8, 4) is 11.5 Å². The second-order valence-electron chi connectivity index (χ2n) is 4.84. The normalized spacial score (nSPS) is 12.2. The molecule has 3 heteroatoms. The van der Waals surface area contributed by atoms with Crippen LogP contribution in [-0.4, -0.2) is 6.04 Å². The van der Waals surface area contributed by atoms with Crippen molar-refractivity contribution >= 4 is 11.6 Å². The summed E-state index contributed by atoms with van der Waals surface area (Å²) in [4.78, 5) is 0. The molecule has 0 fully saturated rings. The van der Waals surface area contributed by atoms with E-state index in [-0.39, 0.29) is 6.04 Å². The van der Waals surface area contributed by atoms with Gasteiger partial charge in [-0.1, -0.05) is 29.8 Å². The number of hydrogen-bond donors (Lipinski definition) is 1. The summed E-state index contributed by atoms with van der Waals surface area (Å²) in [6.45, 7) is 4.02. The van der Waals surface area contributed by atoms with E-state index in [9.17, 15) is 0 Å². The number of aryl methyl sites for hydroxylation is 1. The number of halogens is 1. The van der Waals surface area contributed by atoms with Crippen LogP contribution in [0.3, 0.4) is 0 Å². The molecule has 0 saturated heterocycles. The van der Waals surface area contributed by atoms with E-state index in [0.717, 1.165) is 23.5 Å². The van der Waals surface area contributed by atoms with E-state index in [1.54, 1.807) is 6.07 Å². The maximum Gasteiger partial charge on any atom is 0.130 e. The highest BCUT2D eigenvalue weighted by atomic mass is 35.5. The zero-order chi connectivity index (χ0) is 13.8. The Morgan fingerprint density at radius 3 is 2.68 bits per heavy atom. The van der Waals surface area contributed by atoms with Gasteiger partial charge in [-0.2, -0.15) is 0 Å². The van der Waals surface area contributed by atoms with Crippen LogP contribution in [0.2, 0.25) is 5.02 Å². The lowest BCUT2D eigenvalue weighted by molar-refractivity contribution is 0.478. The van der Waals surface area contributed by atoms with Crippen LogP contribution >= 0.6 is 11.6 Å². The number of rotatable bonds is 4. The molecule has 2 nitrogen and oxygen atoms in total. The van der Waals surface area contributed by atoms with Crippen molar-refractivity contribution in [1.29, 1.82) is 0 Å². The molecular weight excluding hydrogens is 258 g/mol. The molecule has 0 aliphatic carbocycles. The van der Waals surface area contributed by atoms with Crippen LogP contribution in [0.15, 0.2) is 42.5 Å². The topological polar surface area (TPSA) is 35.2 Å². The van der Waals surface area contributed by atoms with Gasteiger partial charge in [0, 0.05) is 11.1 Å². The van der Waals surface area contributed by atoms with E-state index in [2.05, 4.69) is 12.1 Å². The smallest absolute Gasteiger partial charge is 0.130 e. The fourth-order valence-corrected chi connectivity index (χ4v) is 2.09. The molecule has 0 amide bonds. The molecule has 19 heavy (non-hydrogen) atoms. The minimum atomic E-state index is 0.140. The summed E-state index contributed by atoms with van der Waals surface area (Å²) in [5, 5.41) is 0.668. The number of ether oxygens (including phenoxy) is 1. The van der Waals surface area contributed by atoms with E-state index < -0.39 is 0 Å². The third-order valence-electron chi connectivity index (χ3n) is 2.83. The molecule has 2 aromatic carbocycles. The highest BCUT2D eigenvalue weighted by Gasteiger charge is 2.05. The summed E-state index contributed by atoms with van der Waals surface area (Å²) in [5.74, 6) is 1.59. The molecule has 2 aromatic rings. The van der Waals surface area contributed by atoms with Crippen molar-refractivity contribution in [2.75, 3.05) is 0 Å². The highest BCUT2D eigenvalue weighted by molar-refractivity contribution is 6.30. The maximum atomic E-state index is 5.95. The van der Waals surface area contributed by atoms with Crippen LogP contribution < -0.4 is 10.5 Å². The molecule has 1 atom stereocenters. The summed E-state index contributed by atoms with van der Waals surface area (Å²) >= 11 is 5.95. The van der Waals surface area contributed by atoms with Gasteiger partial charge in [-0.25, -0.2) is 0 Å². The van der Waals surface area contributed by atoms with Gasteiger partial charge in [0.2, 0.25) is 0 Å². The average Bonchev–Trinajstić information content (AvgIpc) is 2.33. The number of benzene rings is 2. The van der Waals surface area contributed by atoms with E-state index in [1.807, 2.05) is 38.1 Å². The molecule has 0 spiro atoms. The quantitative estimate of drug-likeness (QED) is 0.901. The van der Waals surface area contributed by atoms with Gasteiger partial charge < -0.3 is 10.5 Å². The third-order valence-corrected chi connectivity index (χ3v) is 3.07. The van der Waals surface area contributed by atoms with Crippen molar-refractivity contribution in [2.24, 2.45) is 5.73 Å². The average molecular weight is 276 g/mol. The molecule has 0 bridgehead atoms. The summed E-state index contributed by atoms with van der Waals surface area (Å²) in [7, 11) is 0. The van der Waals surface area contributed by atoms with Gasteiger partial charge in [0.25, 0.3) is 0 Å². The van der Waals surface area contributed by atoms with Gasteiger partial charge in [-0.15, -0.1) is 0 Å². The first-order valence-electron chi connectivity index (χ1n) is 6.33. The van der Waals surface area contributed by atoms with Gasteiger partial charge >= 0.3 is 0 Å². The lowest BCUT2D eigenvalue weighted by atomic mass is 10.1. The van der Waals surface area contributed by atoms with Crippen LogP contribution in [0.25, 0.3) is 0 Å². The number of nitrogens with two attached hydrogens (primary N) is 1. The van der Waals surface area contributed by atoms with Crippen molar-refractivity contribution in [2.45, 2.75) is 26.3 Å². The van der Waals surface area contributed by atoms with Gasteiger partial charge in [-0.3, -0.25) is 0 Å². The molecule has 1 unspecified atom stereocenters. The highest BCUT2D eigenvalue weighted by Crippen LogP contribution is 2.28. The third kappa shape index (κ3) is 3.98. The predicted octanol–water partition coefficient (Wildman–Crippen LogP) is 4.33. The summed E-state index contributed by atoms with van der Waals surface area (Å²) in [5.41, 5.74) is 8.10. The van der Waals surface area contributed by atoms with Gasteiger partial charge in [-0.05, 0) is 55.7 Å². The molecular formula is C16H18ClNO. The van der Waals surface area contributed by atoms with E-state index in [1.165, 1.54) is 5.56 Å². The Bertz CT molecular complexity index is 566. The molecule has 0 heterocycles. The largest absolute Gasteiger partial charge is 0.457 e. The molecule has 2 N–H and O–H groups in total. The van der Waals surface area contributed by atoms with Gasteiger partial charge in [0.05, 0.1) is 0 Å². The molecule has 0 aromatic heterocycles. The first-order valence-corrected chi connectivity index (χ1v) is 6.71. The Morgan fingerprint density at radius 1 is 1.21 bits per heavy atom.